The highest BCUT2D eigenvalue weighted by Crippen LogP contribution is 2.34. The minimum atomic E-state index is -1.10. The molecular formula is C13H9BrN2O4S. The first kappa shape index (κ1) is 13.9. The first-order chi connectivity index (χ1) is 10.1. The number of carboxylic acid groups (broad SMARTS) is 1. The van der Waals surface area contributed by atoms with E-state index < -0.39 is 5.97 Å². The molecule has 0 amide bonds. The maximum atomic E-state index is 11.4. The van der Waals surface area contributed by atoms with Crippen molar-refractivity contribution in [2.45, 2.75) is 0 Å². The smallest absolute Gasteiger partial charge is 0.358 e. The molecule has 3 aromatic rings. The number of aromatic nitrogens is 2. The molecule has 0 unspecified atom stereocenters. The molecule has 0 atom stereocenters. The van der Waals surface area contributed by atoms with Gasteiger partial charge in [-0.3, -0.25) is 4.40 Å². The Balaban J connectivity index is 2.03. The van der Waals surface area contributed by atoms with Gasteiger partial charge >= 0.3 is 5.97 Å². The maximum absolute atomic E-state index is 11.4. The first-order valence-electron chi connectivity index (χ1n) is 5.80. The van der Waals surface area contributed by atoms with Crippen molar-refractivity contribution in [1.82, 2.24) is 9.38 Å². The lowest BCUT2D eigenvalue weighted by molar-refractivity contribution is 0.0686. The molecule has 0 fully saturated rings. The van der Waals surface area contributed by atoms with Crippen LogP contribution in [0.1, 0.15) is 10.5 Å². The van der Waals surface area contributed by atoms with Crippen molar-refractivity contribution in [3.8, 4) is 17.4 Å². The third-order valence-corrected chi connectivity index (χ3v) is 4.15. The Labute approximate surface area is 131 Å². The number of benzene rings is 1. The van der Waals surface area contributed by atoms with Crippen LogP contribution in [0.25, 0.3) is 4.96 Å². The summed E-state index contributed by atoms with van der Waals surface area (Å²) in [6, 6.07) is 5.13. The summed E-state index contributed by atoms with van der Waals surface area (Å²) < 4.78 is 12.9. The predicted molar refractivity (Wildman–Crippen MR) is 80.8 cm³/mol. The van der Waals surface area contributed by atoms with Crippen LogP contribution >= 0.6 is 27.3 Å². The van der Waals surface area contributed by atoms with Crippen LogP contribution in [-0.4, -0.2) is 27.6 Å². The second-order valence-electron chi connectivity index (χ2n) is 4.02. The van der Waals surface area contributed by atoms with Gasteiger partial charge in [0.2, 0.25) is 0 Å². The van der Waals surface area contributed by atoms with Crippen LogP contribution in [0.2, 0.25) is 0 Å². The van der Waals surface area contributed by atoms with E-state index in [9.17, 15) is 9.90 Å². The average Bonchev–Trinajstić information content (AvgIpc) is 3.00. The van der Waals surface area contributed by atoms with Gasteiger partial charge in [0, 0.05) is 11.6 Å². The number of thiazole rings is 1. The zero-order chi connectivity index (χ0) is 15.0. The molecule has 0 aliphatic carbocycles. The summed E-state index contributed by atoms with van der Waals surface area (Å²) in [5, 5.41) is 11.1. The van der Waals surface area contributed by atoms with Crippen molar-refractivity contribution in [3.05, 3.63) is 39.9 Å². The van der Waals surface area contributed by atoms with Crippen LogP contribution in [-0.2, 0) is 0 Å². The van der Waals surface area contributed by atoms with E-state index in [2.05, 4.69) is 20.9 Å². The number of aromatic carboxylic acids is 1. The molecule has 0 bridgehead atoms. The van der Waals surface area contributed by atoms with Crippen molar-refractivity contribution in [1.29, 1.82) is 0 Å². The Morgan fingerprint density at radius 1 is 1.48 bits per heavy atom. The zero-order valence-corrected chi connectivity index (χ0v) is 13.1. The highest BCUT2D eigenvalue weighted by Gasteiger charge is 2.22. The van der Waals surface area contributed by atoms with Gasteiger partial charge in [0.1, 0.15) is 11.5 Å². The highest BCUT2D eigenvalue weighted by atomic mass is 79.9. The quantitative estimate of drug-likeness (QED) is 0.760. The third kappa shape index (κ3) is 2.47. The number of carboxylic acids is 1. The number of methoxy groups -OCH3 is 1. The number of halogens is 1. The number of nitrogens with zero attached hydrogens (tertiary/aromatic N) is 2. The molecule has 3 rings (SSSR count). The molecule has 2 aromatic heterocycles. The molecule has 2 heterocycles. The lowest BCUT2D eigenvalue weighted by Gasteiger charge is -2.07. The van der Waals surface area contributed by atoms with E-state index >= 15 is 0 Å². The Morgan fingerprint density at radius 2 is 2.29 bits per heavy atom. The summed E-state index contributed by atoms with van der Waals surface area (Å²) in [5.74, 6) is 0.0864. The van der Waals surface area contributed by atoms with Gasteiger partial charge in [0.25, 0.3) is 5.88 Å². The fourth-order valence-electron chi connectivity index (χ4n) is 1.83. The molecule has 0 aliphatic heterocycles. The van der Waals surface area contributed by atoms with Gasteiger partial charge in [0.15, 0.2) is 10.7 Å². The van der Waals surface area contributed by atoms with Gasteiger partial charge in [-0.2, -0.15) is 4.98 Å². The summed E-state index contributed by atoms with van der Waals surface area (Å²) in [4.78, 5) is 16.2. The Bertz CT molecular complexity index is 827. The Morgan fingerprint density at radius 3 is 2.95 bits per heavy atom. The van der Waals surface area contributed by atoms with Gasteiger partial charge in [-0.25, -0.2) is 4.79 Å². The van der Waals surface area contributed by atoms with Crippen molar-refractivity contribution < 1.29 is 19.4 Å². The lowest BCUT2D eigenvalue weighted by atomic mass is 10.3. The topological polar surface area (TPSA) is 73.1 Å². The van der Waals surface area contributed by atoms with Gasteiger partial charge in [-0.1, -0.05) is 0 Å². The summed E-state index contributed by atoms with van der Waals surface area (Å²) in [5.41, 5.74) is -0.00559. The minimum Gasteiger partial charge on any atom is -0.497 e. The van der Waals surface area contributed by atoms with Crippen LogP contribution in [0, 0.1) is 0 Å². The fraction of sp³-hybridized carbons (Fsp3) is 0.0769. The molecule has 0 saturated carbocycles. The standard InChI is InChI=1S/C13H9BrN2O4S/c1-19-7-2-3-9(8(14)6-7)20-11-10(12(17)18)16-4-5-21-13(16)15-11/h2-6H,1H3,(H,17,18). The van der Waals surface area contributed by atoms with Gasteiger partial charge < -0.3 is 14.6 Å². The van der Waals surface area contributed by atoms with E-state index in [1.54, 1.807) is 36.9 Å². The van der Waals surface area contributed by atoms with Crippen molar-refractivity contribution in [3.63, 3.8) is 0 Å². The van der Waals surface area contributed by atoms with E-state index in [-0.39, 0.29) is 11.6 Å². The normalized spacial score (nSPS) is 10.8. The molecule has 21 heavy (non-hydrogen) atoms. The van der Waals surface area contributed by atoms with Crippen LogP contribution in [0.15, 0.2) is 34.2 Å². The average molecular weight is 369 g/mol. The summed E-state index contributed by atoms with van der Waals surface area (Å²) in [6.07, 6.45) is 1.65. The molecule has 1 aromatic carbocycles. The second kappa shape index (κ2) is 5.38. The van der Waals surface area contributed by atoms with E-state index in [1.807, 2.05) is 0 Å². The van der Waals surface area contributed by atoms with E-state index in [0.717, 1.165) is 0 Å². The van der Waals surface area contributed by atoms with Crippen LogP contribution in [0.5, 0.6) is 17.4 Å². The third-order valence-electron chi connectivity index (χ3n) is 2.78. The second-order valence-corrected chi connectivity index (χ2v) is 5.75. The Kier molecular flexibility index (Phi) is 3.56. The molecule has 0 aliphatic rings. The van der Waals surface area contributed by atoms with Crippen LogP contribution < -0.4 is 9.47 Å². The predicted octanol–water partition coefficient (Wildman–Crippen LogP) is 3.66. The summed E-state index contributed by atoms with van der Waals surface area (Å²) in [7, 11) is 1.56. The SMILES string of the molecule is COc1ccc(Oc2nc3sccn3c2C(=O)O)c(Br)c1. The molecular weight excluding hydrogens is 360 g/mol. The van der Waals surface area contributed by atoms with E-state index in [4.69, 9.17) is 9.47 Å². The maximum Gasteiger partial charge on any atom is 0.358 e. The van der Waals surface area contributed by atoms with Crippen LogP contribution in [0.3, 0.4) is 0 Å². The zero-order valence-electron chi connectivity index (χ0n) is 10.7. The highest BCUT2D eigenvalue weighted by molar-refractivity contribution is 9.10. The fourth-order valence-corrected chi connectivity index (χ4v) is 2.97. The first-order valence-corrected chi connectivity index (χ1v) is 7.47. The number of hydrogen-bond acceptors (Lipinski definition) is 5. The molecule has 108 valence electrons. The van der Waals surface area contributed by atoms with Gasteiger partial charge in [-0.05, 0) is 34.1 Å². The number of rotatable bonds is 4. The van der Waals surface area contributed by atoms with Crippen LogP contribution in [0.4, 0.5) is 0 Å². The number of ether oxygens (including phenoxy) is 2. The van der Waals surface area contributed by atoms with Crippen molar-refractivity contribution in [2.24, 2.45) is 0 Å². The number of fused-ring (bicyclic) bond motifs is 1. The lowest BCUT2D eigenvalue weighted by Crippen LogP contribution is -2.02. The minimum absolute atomic E-state index is 0.00559. The van der Waals surface area contributed by atoms with E-state index in [1.165, 1.54) is 15.7 Å². The number of hydrogen-bond donors (Lipinski definition) is 1. The Hall–Kier alpha value is -2.06. The number of imidazole rings is 1. The molecule has 0 radical (unpaired) electrons. The molecule has 1 N–H and O–H groups in total. The van der Waals surface area contributed by atoms with E-state index in [0.29, 0.717) is 20.9 Å². The molecule has 8 heteroatoms. The molecule has 0 saturated heterocycles. The monoisotopic (exact) mass is 368 g/mol. The summed E-state index contributed by atoms with van der Waals surface area (Å²) >= 11 is 4.69. The molecule has 6 nitrogen and oxygen atoms in total. The van der Waals surface area contributed by atoms with Gasteiger partial charge in [-0.15, -0.1) is 11.3 Å². The van der Waals surface area contributed by atoms with Crippen molar-refractivity contribution >= 4 is 38.2 Å². The summed E-state index contributed by atoms with van der Waals surface area (Å²) in [6.45, 7) is 0. The largest absolute Gasteiger partial charge is 0.497 e. The number of carbonyl (C=O) groups is 1. The molecule has 0 spiro atoms. The van der Waals surface area contributed by atoms with Gasteiger partial charge in [0.05, 0.1) is 11.6 Å². The van der Waals surface area contributed by atoms with Crippen molar-refractivity contribution in [2.75, 3.05) is 7.11 Å².